The zero-order chi connectivity index (χ0) is 9.35. The first kappa shape index (κ1) is 9.60. The van der Waals surface area contributed by atoms with Gasteiger partial charge in [-0.05, 0) is 33.3 Å². The van der Waals surface area contributed by atoms with E-state index < -0.39 is 0 Å². The van der Waals surface area contributed by atoms with Crippen molar-refractivity contribution in [2.24, 2.45) is 0 Å². The third-order valence-corrected chi connectivity index (χ3v) is 2.13. The van der Waals surface area contributed by atoms with Gasteiger partial charge in [0.1, 0.15) is 0 Å². The van der Waals surface area contributed by atoms with Gasteiger partial charge < -0.3 is 0 Å². The summed E-state index contributed by atoms with van der Waals surface area (Å²) in [5.74, 6) is 0. The third kappa shape index (κ3) is 2.25. The number of rotatable bonds is 1. The Morgan fingerprint density at radius 3 is 1.75 bits per heavy atom. The van der Waals surface area contributed by atoms with Crippen molar-refractivity contribution in [3.63, 3.8) is 0 Å². The van der Waals surface area contributed by atoms with Crippen molar-refractivity contribution in [2.45, 2.75) is 32.6 Å². The zero-order valence-electron chi connectivity index (χ0n) is 8.11. The second-order valence-corrected chi connectivity index (χ2v) is 4.79. The summed E-state index contributed by atoms with van der Waals surface area (Å²) in [6.45, 7) is 8.23. The molecule has 0 fully saturated rings. The maximum atomic E-state index is 6.20. The molecule has 0 aromatic heterocycles. The first-order valence-corrected chi connectivity index (χ1v) is 4.55. The van der Waals surface area contributed by atoms with E-state index in [1.54, 1.807) is 0 Å². The van der Waals surface area contributed by atoms with Gasteiger partial charge in [0.05, 0.1) is 4.87 Å². The number of alkyl halides is 1. The minimum Gasteiger partial charge on any atom is -0.115 e. The van der Waals surface area contributed by atoms with Crippen LogP contribution < -0.4 is 0 Å². The summed E-state index contributed by atoms with van der Waals surface area (Å²) in [5.41, 5.74) is 3.75. The fourth-order valence-corrected chi connectivity index (χ4v) is 1.43. The second kappa shape index (κ2) is 3.10. The van der Waals surface area contributed by atoms with Crippen LogP contribution in [0.2, 0.25) is 0 Å². The molecule has 0 saturated heterocycles. The lowest BCUT2D eigenvalue weighted by atomic mass is 9.98. The van der Waals surface area contributed by atoms with E-state index in [-0.39, 0.29) is 4.87 Å². The molecular weight excluding hydrogens is 168 g/mol. The average molecular weight is 183 g/mol. The van der Waals surface area contributed by atoms with Crippen LogP contribution in [0.1, 0.15) is 30.5 Å². The van der Waals surface area contributed by atoms with Crippen LogP contribution in [0.3, 0.4) is 0 Å². The molecule has 0 bridgehead atoms. The molecule has 0 atom stereocenters. The summed E-state index contributed by atoms with van der Waals surface area (Å²) in [4.78, 5) is -0.253. The fourth-order valence-electron chi connectivity index (χ4n) is 1.32. The molecule has 0 nitrogen and oxygen atoms in total. The van der Waals surface area contributed by atoms with Gasteiger partial charge in [-0.25, -0.2) is 0 Å². The second-order valence-electron chi connectivity index (χ2n) is 3.85. The van der Waals surface area contributed by atoms with E-state index in [2.05, 4.69) is 32.0 Å². The number of benzene rings is 1. The van der Waals surface area contributed by atoms with Crippen LogP contribution in [0, 0.1) is 13.8 Å². The Hall–Kier alpha value is -0.490. The monoisotopic (exact) mass is 182 g/mol. The summed E-state index contributed by atoms with van der Waals surface area (Å²) >= 11 is 6.20. The van der Waals surface area contributed by atoms with Crippen molar-refractivity contribution < 1.29 is 0 Å². The Morgan fingerprint density at radius 1 is 1.00 bits per heavy atom. The van der Waals surface area contributed by atoms with Gasteiger partial charge in [-0.2, -0.15) is 0 Å². The Labute approximate surface area is 79.6 Å². The van der Waals surface area contributed by atoms with Gasteiger partial charge in [0.25, 0.3) is 0 Å². The highest BCUT2D eigenvalue weighted by Crippen LogP contribution is 2.28. The Morgan fingerprint density at radius 2 is 1.42 bits per heavy atom. The third-order valence-electron chi connectivity index (χ3n) is 1.91. The molecule has 1 aromatic carbocycles. The lowest BCUT2D eigenvalue weighted by molar-refractivity contribution is 0.763. The lowest BCUT2D eigenvalue weighted by Gasteiger charge is -2.17. The Balaban J connectivity index is 3.18. The fraction of sp³-hybridized carbons (Fsp3) is 0.455. The number of hydrogen-bond acceptors (Lipinski definition) is 0. The van der Waals surface area contributed by atoms with Crippen LogP contribution >= 0.6 is 11.6 Å². The molecule has 12 heavy (non-hydrogen) atoms. The van der Waals surface area contributed by atoms with E-state index in [0.717, 1.165) is 0 Å². The van der Waals surface area contributed by atoms with Gasteiger partial charge in [0.2, 0.25) is 0 Å². The maximum Gasteiger partial charge on any atom is 0.0639 e. The molecule has 1 rings (SSSR count). The zero-order valence-corrected chi connectivity index (χ0v) is 8.87. The topological polar surface area (TPSA) is 0 Å². The van der Waals surface area contributed by atoms with Crippen molar-refractivity contribution in [1.29, 1.82) is 0 Å². The SMILES string of the molecule is Cc1cc(C)cc(C(C)(C)Cl)c1. The van der Waals surface area contributed by atoms with Crippen molar-refractivity contribution in [3.05, 3.63) is 34.9 Å². The molecule has 0 amide bonds. The molecule has 0 aliphatic carbocycles. The summed E-state index contributed by atoms with van der Waals surface area (Å²) in [7, 11) is 0. The smallest absolute Gasteiger partial charge is 0.0639 e. The van der Waals surface area contributed by atoms with E-state index in [1.165, 1.54) is 16.7 Å². The Kier molecular flexibility index (Phi) is 2.48. The van der Waals surface area contributed by atoms with Gasteiger partial charge in [-0.1, -0.05) is 29.3 Å². The lowest BCUT2D eigenvalue weighted by Crippen LogP contribution is -2.07. The predicted octanol–water partition coefficient (Wildman–Crippen LogP) is 3.78. The first-order valence-electron chi connectivity index (χ1n) is 4.17. The number of halogens is 1. The Bertz CT molecular complexity index is 261. The van der Waals surface area contributed by atoms with Crippen LogP contribution in [0.15, 0.2) is 18.2 Å². The first-order chi connectivity index (χ1) is 5.39. The predicted molar refractivity (Wildman–Crippen MR) is 54.8 cm³/mol. The van der Waals surface area contributed by atoms with Crippen LogP contribution in [0.25, 0.3) is 0 Å². The molecule has 0 spiro atoms. The highest BCUT2D eigenvalue weighted by Gasteiger charge is 2.16. The summed E-state index contributed by atoms with van der Waals surface area (Å²) in [6, 6.07) is 6.44. The highest BCUT2D eigenvalue weighted by atomic mass is 35.5. The standard InChI is InChI=1S/C11H15Cl/c1-8-5-9(2)7-10(6-8)11(3,4)12/h5-7H,1-4H3. The number of hydrogen-bond donors (Lipinski definition) is 0. The van der Waals surface area contributed by atoms with E-state index in [9.17, 15) is 0 Å². The molecule has 0 aliphatic heterocycles. The molecule has 66 valence electrons. The van der Waals surface area contributed by atoms with Gasteiger partial charge in [-0.15, -0.1) is 11.6 Å². The molecule has 1 aromatic rings. The van der Waals surface area contributed by atoms with E-state index >= 15 is 0 Å². The van der Waals surface area contributed by atoms with Crippen molar-refractivity contribution >= 4 is 11.6 Å². The summed E-state index contributed by atoms with van der Waals surface area (Å²) in [6.07, 6.45) is 0. The molecule has 0 heterocycles. The van der Waals surface area contributed by atoms with Crippen molar-refractivity contribution in [1.82, 2.24) is 0 Å². The minimum atomic E-state index is -0.253. The van der Waals surface area contributed by atoms with E-state index in [1.807, 2.05) is 13.8 Å². The van der Waals surface area contributed by atoms with Crippen LogP contribution in [0.5, 0.6) is 0 Å². The molecule has 0 radical (unpaired) electrons. The quantitative estimate of drug-likeness (QED) is 0.580. The molecular formula is C11H15Cl. The molecule has 0 saturated carbocycles. The molecule has 0 aliphatic rings. The van der Waals surface area contributed by atoms with Gasteiger partial charge in [0, 0.05) is 0 Å². The van der Waals surface area contributed by atoms with E-state index in [0.29, 0.717) is 0 Å². The van der Waals surface area contributed by atoms with Crippen LogP contribution in [-0.2, 0) is 4.87 Å². The van der Waals surface area contributed by atoms with Crippen molar-refractivity contribution in [2.75, 3.05) is 0 Å². The van der Waals surface area contributed by atoms with Gasteiger partial charge >= 0.3 is 0 Å². The minimum absolute atomic E-state index is 0.253. The van der Waals surface area contributed by atoms with Gasteiger partial charge in [0.15, 0.2) is 0 Å². The van der Waals surface area contributed by atoms with Crippen LogP contribution in [-0.4, -0.2) is 0 Å². The van der Waals surface area contributed by atoms with Gasteiger partial charge in [-0.3, -0.25) is 0 Å². The summed E-state index contributed by atoms with van der Waals surface area (Å²) < 4.78 is 0. The highest BCUT2D eigenvalue weighted by molar-refractivity contribution is 6.23. The average Bonchev–Trinajstić information content (AvgIpc) is 1.82. The van der Waals surface area contributed by atoms with E-state index in [4.69, 9.17) is 11.6 Å². The largest absolute Gasteiger partial charge is 0.115 e. The maximum absolute atomic E-state index is 6.20. The number of aryl methyl sites for hydroxylation is 2. The summed E-state index contributed by atoms with van der Waals surface area (Å²) in [5, 5.41) is 0. The molecule has 0 N–H and O–H groups in total. The van der Waals surface area contributed by atoms with Crippen LogP contribution in [0.4, 0.5) is 0 Å². The normalized spacial score (nSPS) is 11.8. The van der Waals surface area contributed by atoms with Crippen molar-refractivity contribution in [3.8, 4) is 0 Å². The molecule has 0 unspecified atom stereocenters. The molecule has 1 heteroatoms.